The summed E-state index contributed by atoms with van der Waals surface area (Å²) >= 11 is 0. The fourth-order valence-corrected chi connectivity index (χ4v) is 4.13. The van der Waals surface area contributed by atoms with Gasteiger partial charge in [0.25, 0.3) is 0 Å². The summed E-state index contributed by atoms with van der Waals surface area (Å²) in [4.78, 5) is 9.05. The van der Waals surface area contributed by atoms with Crippen molar-refractivity contribution in [1.82, 2.24) is 29.1 Å². The van der Waals surface area contributed by atoms with Gasteiger partial charge >= 0.3 is 0 Å². The van der Waals surface area contributed by atoms with Gasteiger partial charge in [-0.25, -0.2) is 4.98 Å². The zero-order valence-electron chi connectivity index (χ0n) is 17.9. The second-order valence-electron chi connectivity index (χ2n) is 8.10. The minimum atomic E-state index is 0.666. The molecule has 0 N–H and O–H groups in total. The van der Waals surface area contributed by atoms with E-state index >= 15 is 0 Å². The van der Waals surface area contributed by atoms with Crippen molar-refractivity contribution < 1.29 is 4.74 Å². The van der Waals surface area contributed by atoms with Crippen LogP contribution in [-0.4, -0.2) is 75.5 Å². The van der Waals surface area contributed by atoms with Crippen LogP contribution < -0.4 is 4.74 Å². The third-order valence-electron chi connectivity index (χ3n) is 5.96. The molecule has 5 rings (SSSR count). The van der Waals surface area contributed by atoms with Crippen LogP contribution >= 0.6 is 0 Å². The van der Waals surface area contributed by atoms with Gasteiger partial charge in [-0.05, 0) is 24.7 Å². The summed E-state index contributed by atoms with van der Waals surface area (Å²) < 4.78 is 10.4. The molecule has 0 bridgehead atoms. The number of piperazine rings is 1. The molecule has 0 spiro atoms. The minimum Gasteiger partial charge on any atom is -0.490 e. The molecule has 0 radical (unpaired) electrons. The summed E-state index contributed by atoms with van der Waals surface area (Å²) in [5.41, 5.74) is 3.29. The first-order valence-electron chi connectivity index (χ1n) is 10.8. The highest BCUT2D eigenvalue weighted by Gasteiger charge is 2.17. The van der Waals surface area contributed by atoms with E-state index in [1.165, 1.54) is 5.56 Å². The van der Waals surface area contributed by atoms with Crippen molar-refractivity contribution in [1.29, 1.82) is 0 Å². The number of ether oxygens (including phenoxy) is 1. The van der Waals surface area contributed by atoms with Crippen molar-refractivity contribution in [3.8, 4) is 11.4 Å². The van der Waals surface area contributed by atoms with Gasteiger partial charge in [0, 0.05) is 50.5 Å². The third kappa shape index (κ3) is 4.33. The molecule has 2 aromatic carbocycles. The van der Waals surface area contributed by atoms with E-state index in [1.54, 1.807) is 6.20 Å². The number of benzene rings is 2. The van der Waals surface area contributed by atoms with E-state index in [4.69, 9.17) is 9.84 Å². The van der Waals surface area contributed by atoms with Crippen LogP contribution in [0.3, 0.4) is 0 Å². The molecule has 0 saturated carbocycles. The maximum Gasteiger partial charge on any atom is 0.145 e. The Morgan fingerprint density at radius 2 is 1.84 bits per heavy atom. The smallest absolute Gasteiger partial charge is 0.145 e. The molecule has 0 unspecified atom stereocenters. The molecule has 4 aromatic rings. The number of fused-ring (bicyclic) bond motifs is 1. The standard InChI is InChI=1S/C24H28N6O/c1-27-11-13-28(14-12-27)15-16-31-23-8-7-22(29-10-9-25-19-29)21-17-26-30(24(21)23)18-20-5-3-2-4-6-20/h2-10,17,19H,11-16,18H2,1H3. The van der Waals surface area contributed by atoms with E-state index < -0.39 is 0 Å². The molecular formula is C24H28N6O. The highest BCUT2D eigenvalue weighted by atomic mass is 16.5. The number of imidazole rings is 1. The molecular weight excluding hydrogens is 388 g/mol. The molecule has 160 valence electrons. The number of aromatic nitrogens is 4. The molecule has 2 aromatic heterocycles. The van der Waals surface area contributed by atoms with Gasteiger partial charge in [-0.2, -0.15) is 5.10 Å². The van der Waals surface area contributed by atoms with Crippen molar-refractivity contribution in [3.63, 3.8) is 0 Å². The molecule has 7 nitrogen and oxygen atoms in total. The highest BCUT2D eigenvalue weighted by molar-refractivity contribution is 5.92. The Kier molecular flexibility index (Phi) is 5.69. The van der Waals surface area contributed by atoms with Gasteiger partial charge in [-0.3, -0.25) is 9.58 Å². The molecule has 1 aliphatic heterocycles. The van der Waals surface area contributed by atoms with Crippen molar-refractivity contribution >= 4 is 10.9 Å². The van der Waals surface area contributed by atoms with Gasteiger partial charge in [-0.1, -0.05) is 30.3 Å². The van der Waals surface area contributed by atoms with Crippen LogP contribution in [0.15, 0.2) is 67.4 Å². The van der Waals surface area contributed by atoms with Crippen LogP contribution in [0.25, 0.3) is 16.6 Å². The molecule has 3 heterocycles. The monoisotopic (exact) mass is 416 g/mol. The van der Waals surface area contributed by atoms with E-state index in [2.05, 4.69) is 58.2 Å². The lowest BCUT2D eigenvalue weighted by molar-refractivity contribution is 0.134. The van der Waals surface area contributed by atoms with Crippen molar-refractivity contribution in [2.24, 2.45) is 0 Å². The van der Waals surface area contributed by atoms with Gasteiger partial charge in [0.05, 0.1) is 24.8 Å². The van der Waals surface area contributed by atoms with Crippen LogP contribution in [0.5, 0.6) is 5.75 Å². The van der Waals surface area contributed by atoms with Gasteiger partial charge < -0.3 is 14.2 Å². The van der Waals surface area contributed by atoms with Crippen LogP contribution in [-0.2, 0) is 6.54 Å². The van der Waals surface area contributed by atoms with Crippen LogP contribution in [0.4, 0.5) is 0 Å². The summed E-state index contributed by atoms with van der Waals surface area (Å²) in [6, 6.07) is 14.6. The fraction of sp³-hybridized carbons (Fsp3) is 0.333. The Labute approximate surface area is 182 Å². The number of likely N-dealkylation sites (N-methyl/N-ethyl adjacent to an activating group) is 1. The van der Waals surface area contributed by atoms with Crippen LogP contribution in [0, 0.1) is 0 Å². The molecule has 31 heavy (non-hydrogen) atoms. The molecule has 7 heteroatoms. The summed E-state index contributed by atoms with van der Waals surface area (Å²) in [6.45, 7) is 6.74. The first kappa shape index (κ1) is 19.8. The third-order valence-corrected chi connectivity index (χ3v) is 5.96. The fourth-order valence-electron chi connectivity index (χ4n) is 4.13. The lowest BCUT2D eigenvalue weighted by atomic mass is 10.2. The maximum absolute atomic E-state index is 6.32. The number of rotatable bonds is 7. The van der Waals surface area contributed by atoms with Gasteiger partial charge in [0.1, 0.15) is 17.9 Å². The van der Waals surface area contributed by atoms with Gasteiger partial charge in [0.15, 0.2) is 0 Å². The lowest BCUT2D eigenvalue weighted by Crippen LogP contribution is -2.45. The first-order valence-corrected chi connectivity index (χ1v) is 10.8. The number of hydrogen-bond donors (Lipinski definition) is 0. The molecule has 1 fully saturated rings. The quantitative estimate of drug-likeness (QED) is 0.464. The SMILES string of the molecule is CN1CCN(CCOc2ccc(-n3ccnc3)c3cnn(Cc4ccccc4)c23)CC1. The molecule has 1 aliphatic rings. The Balaban J connectivity index is 1.42. The topological polar surface area (TPSA) is 51.4 Å². The van der Waals surface area contributed by atoms with Crippen molar-refractivity contribution in [3.05, 3.63) is 72.9 Å². The minimum absolute atomic E-state index is 0.666. The van der Waals surface area contributed by atoms with Crippen molar-refractivity contribution in [2.75, 3.05) is 46.4 Å². The Morgan fingerprint density at radius 1 is 1.00 bits per heavy atom. The predicted octanol–water partition coefficient (Wildman–Crippen LogP) is 2.90. The summed E-state index contributed by atoms with van der Waals surface area (Å²) in [5, 5.41) is 5.78. The van der Waals surface area contributed by atoms with E-state index in [0.29, 0.717) is 13.2 Å². The van der Waals surface area contributed by atoms with Crippen LogP contribution in [0.1, 0.15) is 5.56 Å². The second-order valence-corrected chi connectivity index (χ2v) is 8.10. The van der Waals surface area contributed by atoms with E-state index in [0.717, 1.165) is 55.1 Å². The Hall–Kier alpha value is -3.16. The maximum atomic E-state index is 6.32. The highest BCUT2D eigenvalue weighted by Crippen LogP contribution is 2.31. The van der Waals surface area contributed by atoms with E-state index in [9.17, 15) is 0 Å². The first-order chi connectivity index (χ1) is 15.3. The Morgan fingerprint density at radius 3 is 2.61 bits per heavy atom. The summed E-state index contributed by atoms with van der Waals surface area (Å²) in [7, 11) is 2.18. The molecule has 1 saturated heterocycles. The number of nitrogens with zero attached hydrogens (tertiary/aromatic N) is 6. The second kappa shape index (κ2) is 8.91. The molecule has 0 aliphatic carbocycles. The molecule has 0 atom stereocenters. The average Bonchev–Trinajstić information content (AvgIpc) is 3.47. The summed E-state index contributed by atoms with van der Waals surface area (Å²) in [5.74, 6) is 0.876. The largest absolute Gasteiger partial charge is 0.490 e. The van der Waals surface area contributed by atoms with E-state index in [-0.39, 0.29) is 0 Å². The zero-order chi connectivity index (χ0) is 21.0. The summed E-state index contributed by atoms with van der Waals surface area (Å²) in [6.07, 6.45) is 7.50. The van der Waals surface area contributed by atoms with Gasteiger partial charge in [-0.15, -0.1) is 0 Å². The normalized spacial score (nSPS) is 15.5. The number of hydrogen-bond acceptors (Lipinski definition) is 5. The predicted molar refractivity (Wildman–Crippen MR) is 122 cm³/mol. The lowest BCUT2D eigenvalue weighted by Gasteiger charge is -2.32. The van der Waals surface area contributed by atoms with Crippen molar-refractivity contribution in [2.45, 2.75) is 6.54 Å². The van der Waals surface area contributed by atoms with E-state index in [1.807, 2.05) is 34.0 Å². The molecule has 0 amide bonds. The van der Waals surface area contributed by atoms with Crippen LogP contribution in [0.2, 0.25) is 0 Å². The average molecular weight is 417 g/mol. The van der Waals surface area contributed by atoms with Gasteiger partial charge in [0.2, 0.25) is 0 Å². The Bertz CT molecular complexity index is 1110. The zero-order valence-corrected chi connectivity index (χ0v) is 17.9.